The SMILES string of the molecule is CCc1ccc(S(=O)(=O)N2CCCC3(CCCNC3)C2)s1. The van der Waals surface area contributed by atoms with Gasteiger partial charge >= 0.3 is 0 Å². The molecule has 2 aliphatic heterocycles. The van der Waals surface area contributed by atoms with Gasteiger partial charge in [0.2, 0.25) is 0 Å². The van der Waals surface area contributed by atoms with E-state index in [0.717, 1.165) is 50.1 Å². The van der Waals surface area contributed by atoms with Crippen LogP contribution in [0.5, 0.6) is 0 Å². The lowest BCUT2D eigenvalue weighted by Gasteiger charge is -2.44. The van der Waals surface area contributed by atoms with Crippen LogP contribution in [-0.2, 0) is 16.4 Å². The number of rotatable bonds is 3. The van der Waals surface area contributed by atoms with Gasteiger partial charge in [-0.2, -0.15) is 4.31 Å². The van der Waals surface area contributed by atoms with Crippen molar-refractivity contribution in [1.82, 2.24) is 9.62 Å². The van der Waals surface area contributed by atoms with Crippen molar-refractivity contribution >= 4 is 21.4 Å². The van der Waals surface area contributed by atoms with E-state index in [-0.39, 0.29) is 5.41 Å². The first-order chi connectivity index (χ1) is 10.1. The lowest BCUT2D eigenvalue weighted by atomic mass is 9.75. The first-order valence-electron chi connectivity index (χ1n) is 7.85. The molecule has 4 nitrogen and oxygen atoms in total. The molecule has 0 aromatic carbocycles. The minimum absolute atomic E-state index is 0.161. The zero-order valence-electron chi connectivity index (χ0n) is 12.6. The van der Waals surface area contributed by atoms with E-state index >= 15 is 0 Å². The van der Waals surface area contributed by atoms with Gasteiger partial charge in [0, 0.05) is 24.5 Å². The number of aryl methyl sites for hydroxylation is 1. The number of hydrogen-bond acceptors (Lipinski definition) is 4. The number of piperidine rings is 2. The molecule has 1 unspecified atom stereocenters. The van der Waals surface area contributed by atoms with Gasteiger partial charge in [0.05, 0.1) is 0 Å². The lowest BCUT2D eigenvalue weighted by Crippen LogP contribution is -2.52. The van der Waals surface area contributed by atoms with Crippen LogP contribution in [0.2, 0.25) is 0 Å². The molecule has 3 heterocycles. The van der Waals surface area contributed by atoms with E-state index in [1.54, 1.807) is 10.4 Å². The van der Waals surface area contributed by atoms with E-state index in [9.17, 15) is 8.42 Å². The number of nitrogens with one attached hydrogen (secondary N) is 1. The summed E-state index contributed by atoms with van der Waals surface area (Å²) in [6.45, 7) is 5.44. The van der Waals surface area contributed by atoms with Crippen molar-refractivity contribution in [3.05, 3.63) is 17.0 Å². The maximum absolute atomic E-state index is 12.9. The van der Waals surface area contributed by atoms with Crippen LogP contribution in [0.25, 0.3) is 0 Å². The summed E-state index contributed by atoms with van der Waals surface area (Å²) in [6.07, 6.45) is 5.33. The van der Waals surface area contributed by atoms with Crippen molar-refractivity contribution in [3.8, 4) is 0 Å². The lowest BCUT2D eigenvalue weighted by molar-refractivity contribution is 0.110. The van der Waals surface area contributed by atoms with Crippen molar-refractivity contribution in [3.63, 3.8) is 0 Å². The summed E-state index contributed by atoms with van der Waals surface area (Å²) < 4.78 is 28.0. The van der Waals surface area contributed by atoms with Gasteiger partial charge in [0.25, 0.3) is 10.0 Å². The molecular formula is C15H24N2O2S2. The molecule has 0 radical (unpaired) electrons. The van der Waals surface area contributed by atoms with E-state index in [0.29, 0.717) is 17.3 Å². The highest BCUT2D eigenvalue weighted by atomic mass is 32.2. The van der Waals surface area contributed by atoms with Crippen LogP contribution in [0.1, 0.15) is 37.5 Å². The first kappa shape index (κ1) is 15.5. The molecule has 3 rings (SSSR count). The normalized spacial score (nSPS) is 28.0. The second-order valence-corrected chi connectivity index (χ2v) is 9.63. The summed E-state index contributed by atoms with van der Waals surface area (Å²) in [5.41, 5.74) is 0.161. The molecule has 1 aromatic heterocycles. The van der Waals surface area contributed by atoms with Gasteiger partial charge in [0.15, 0.2) is 0 Å². The smallest absolute Gasteiger partial charge is 0.252 e. The van der Waals surface area contributed by atoms with E-state index in [1.165, 1.54) is 11.3 Å². The van der Waals surface area contributed by atoms with Crippen molar-refractivity contribution in [2.45, 2.75) is 43.2 Å². The third kappa shape index (κ3) is 3.04. The second-order valence-electron chi connectivity index (χ2n) is 6.30. The maximum Gasteiger partial charge on any atom is 0.252 e. The molecule has 21 heavy (non-hydrogen) atoms. The quantitative estimate of drug-likeness (QED) is 0.927. The Morgan fingerprint density at radius 3 is 2.81 bits per heavy atom. The molecule has 6 heteroatoms. The highest BCUT2D eigenvalue weighted by Gasteiger charge is 2.41. The molecular weight excluding hydrogens is 304 g/mol. The van der Waals surface area contributed by atoms with E-state index in [4.69, 9.17) is 0 Å². The molecule has 0 aliphatic carbocycles. The monoisotopic (exact) mass is 328 g/mol. The van der Waals surface area contributed by atoms with Crippen LogP contribution in [0, 0.1) is 5.41 Å². The van der Waals surface area contributed by atoms with Gasteiger partial charge in [-0.05, 0) is 56.2 Å². The number of sulfonamides is 1. The van der Waals surface area contributed by atoms with E-state index in [2.05, 4.69) is 12.2 Å². The summed E-state index contributed by atoms with van der Waals surface area (Å²) >= 11 is 1.42. The molecule has 2 aliphatic rings. The molecule has 0 saturated carbocycles. The van der Waals surface area contributed by atoms with E-state index < -0.39 is 10.0 Å². The number of hydrogen-bond donors (Lipinski definition) is 1. The van der Waals surface area contributed by atoms with Gasteiger partial charge in [0.1, 0.15) is 4.21 Å². The average molecular weight is 329 g/mol. The Bertz CT molecular complexity index is 583. The minimum atomic E-state index is -3.30. The highest BCUT2D eigenvalue weighted by Crippen LogP contribution is 2.38. The Morgan fingerprint density at radius 1 is 1.33 bits per heavy atom. The van der Waals surface area contributed by atoms with Gasteiger partial charge in [-0.3, -0.25) is 0 Å². The van der Waals surface area contributed by atoms with E-state index in [1.807, 2.05) is 6.07 Å². The fourth-order valence-electron chi connectivity index (χ4n) is 3.56. The molecule has 2 saturated heterocycles. The Labute approximate surface area is 131 Å². The number of thiophene rings is 1. The van der Waals surface area contributed by atoms with Crippen LogP contribution >= 0.6 is 11.3 Å². The zero-order chi connectivity index (χ0) is 14.9. The van der Waals surface area contributed by atoms with Gasteiger partial charge in [-0.1, -0.05) is 6.92 Å². The predicted molar refractivity (Wildman–Crippen MR) is 86.2 cm³/mol. The third-order valence-electron chi connectivity index (χ3n) is 4.77. The summed E-state index contributed by atoms with van der Waals surface area (Å²) in [5, 5.41) is 3.45. The van der Waals surface area contributed by atoms with Crippen LogP contribution in [0.3, 0.4) is 0 Å². The fourth-order valence-corrected chi connectivity index (χ4v) is 6.60. The standard InChI is InChI=1S/C15H24N2O2S2/c1-2-13-5-6-14(20-13)21(18,19)17-10-4-8-15(12-17)7-3-9-16-11-15/h5-6,16H,2-4,7-12H2,1H3. The Kier molecular flexibility index (Phi) is 4.41. The van der Waals surface area contributed by atoms with Crippen LogP contribution < -0.4 is 5.32 Å². The molecule has 0 bridgehead atoms. The van der Waals surface area contributed by atoms with Gasteiger partial charge in [-0.15, -0.1) is 11.3 Å². The molecule has 1 N–H and O–H groups in total. The summed E-state index contributed by atoms with van der Waals surface area (Å²) in [4.78, 5) is 1.14. The maximum atomic E-state index is 12.9. The summed E-state index contributed by atoms with van der Waals surface area (Å²) in [7, 11) is -3.30. The molecule has 2 fully saturated rings. The average Bonchev–Trinajstić information content (AvgIpc) is 2.98. The molecule has 1 aromatic rings. The first-order valence-corrected chi connectivity index (χ1v) is 10.1. The van der Waals surface area contributed by atoms with Gasteiger partial charge < -0.3 is 5.32 Å². The predicted octanol–water partition coefficient (Wildman–Crippen LogP) is 2.46. The van der Waals surface area contributed by atoms with Gasteiger partial charge in [-0.25, -0.2) is 8.42 Å². The third-order valence-corrected chi connectivity index (χ3v) is 8.31. The molecule has 118 valence electrons. The largest absolute Gasteiger partial charge is 0.316 e. The molecule has 0 amide bonds. The number of nitrogens with zero attached hydrogens (tertiary/aromatic N) is 1. The Morgan fingerprint density at radius 2 is 2.14 bits per heavy atom. The van der Waals surface area contributed by atoms with Crippen molar-refractivity contribution in [2.24, 2.45) is 5.41 Å². The zero-order valence-corrected chi connectivity index (χ0v) is 14.2. The topological polar surface area (TPSA) is 49.4 Å². The van der Waals surface area contributed by atoms with Crippen molar-refractivity contribution < 1.29 is 8.42 Å². The summed E-state index contributed by atoms with van der Waals surface area (Å²) in [6, 6.07) is 3.72. The second kappa shape index (κ2) is 5.99. The molecule has 1 spiro atoms. The van der Waals surface area contributed by atoms with Crippen molar-refractivity contribution in [1.29, 1.82) is 0 Å². The van der Waals surface area contributed by atoms with Crippen LogP contribution in [0.4, 0.5) is 0 Å². The molecule has 1 atom stereocenters. The fraction of sp³-hybridized carbons (Fsp3) is 0.733. The minimum Gasteiger partial charge on any atom is -0.316 e. The van der Waals surface area contributed by atoms with Crippen molar-refractivity contribution in [2.75, 3.05) is 26.2 Å². The highest BCUT2D eigenvalue weighted by molar-refractivity contribution is 7.91. The Hall–Kier alpha value is -0.430. The Balaban J connectivity index is 1.81. The van der Waals surface area contributed by atoms with Crippen LogP contribution in [-0.4, -0.2) is 38.9 Å². The van der Waals surface area contributed by atoms with Crippen LogP contribution in [0.15, 0.2) is 16.3 Å². The summed E-state index contributed by atoms with van der Waals surface area (Å²) in [5.74, 6) is 0.